The van der Waals surface area contributed by atoms with E-state index in [0.717, 1.165) is 50.5 Å². The Kier molecular flexibility index (Phi) is 10.0. The molecule has 1 aliphatic rings. The first kappa shape index (κ1) is 28.7. The molecule has 0 saturated carbocycles. The van der Waals surface area contributed by atoms with Crippen molar-refractivity contribution in [2.24, 2.45) is 5.92 Å². The van der Waals surface area contributed by atoms with Gasteiger partial charge in [0.25, 0.3) is 0 Å². The molecule has 0 spiro atoms. The van der Waals surface area contributed by atoms with Crippen LogP contribution in [0.1, 0.15) is 70.8 Å². The zero-order valence-corrected chi connectivity index (χ0v) is 22.7. The Morgan fingerprint density at radius 1 is 0.744 bits per heavy atom. The van der Waals surface area contributed by atoms with E-state index in [2.05, 4.69) is 13.0 Å². The summed E-state index contributed by atoms with van der Waals surface area (Å²) in [6.45, 7) is 4.45. The summed E-state index contributed by atoms with van der Waals surface area (Å²) in [4.78, 5) is 0. The average molecular weight is 537 g/mol. The van der Waals surface area contributed by atoms with Crippen molar-refractivity contribution in [1.82, 2.24) is 0 Å². The Balaban J connectivity index is 1.48. The molecule has 1 nitrogen and oxygen atoms in total. The number of halogens is 4. The van der Waals surface area contributed by atoms with Crippen LogP contribution in [0.2, 0.25) is 0 Å². The predicted octanol–water partition coefficient (Wildman–Crippen LogP) is 10.7. The molecule has 1 aliphatic carbocycles. The van der Waals surface area contributed by atoms with Gasteiger partial charge in [0.05, 0.1) is 6.61 Å². The number of rotatable bonds is 11. The average Bonchev–Trinajstić information content (AvgIpc) is 2.95. The zero-order valence-electron chi connectivity index (χ0n) is 22.7. The lowest BCUT2D eigenvalue weighted by Gasteiger charge is -2.20. The number of ether oxygens (including phenoxy) is 1. The maximum absolute atomic E-state index is 15.1. The lowest BCUT2D eigenvalue weighted by Crippen LogP contribution is -2.05. The van der Waals surface area contributed by atoms with Crippen LogP contribution in [-0.2, 0) is 0 Å². The smallest absolute Gasteiger partial charge is 0.201 e. The molecule has 0 radical (unpaired) electrons. The standard InChI is InChI=1S/C34H36F4O/c1-3-5-6-7-8-22-39-30-21-20-29(33(37)34(30)38)26-16-14-25(15-17-26)28-19-18-27(31(35)32(28)36)24-12-10-23(9-4-2)11-13-24/h4,9,12,14-21,23H,3,5-8,10-11,13,22H2,1-2H3. The highest BCUT2D eigenvalue weighted by Gasteiger charge is 2.21. The van der Waals surface area contributed by atoms with Gasteiger partial charge < -0.3 is 4.74 Å². The summed E-state index contributed by atoms with van der Waals surface area (Å²) in [6.07, 6.45) is 13.8. The Bertz CT molecular complexity index is 1320. The Labute approximate surface area is 229 Å². The lowest BCUT2D eigenvalue weighted by atomic mass is 9.85. The second kappa shape index (κ2) is 13.6. The molecule has 1 atom stereocenters. The third-order valence-corrected chi connectivity index (χ3v) is 7.40. The minimum atomic E-state index is -1.03. The molecular formula is C34H36F4O. The van der Waals surface area contributed by atoms with Crippen LogP contribution in [0.4, 0.5) is 17.6 Å². The molecule has 0 aromatic heterocycles. The minimum absolute atomic E-state index is 0.0804. The van der Waals surface area contributed by atoms with E-state index in [-0.39, 0.29) is 16.9 Å². The van der Waals surface area contributed by atoms with Crippen molar-refractivity contribution in [2.45, 2.75) is 65.2 Å². The fraction of sp³-hybridized carbons (Fsp3) is 0.353. The van der Waals surface area contributed by atoms with Gasteiger partial charge in [-0.1, -0.05) is 87.2 Å². The first-order valence-electron chi connectivity index (χ1n) is 14.0. The number of hydrogen-bond donors (Lipinski definition) is 0. The van der Waals surface area contributed by atoms with Crippen molar-refractivity contribution in [3.05, 3.63) is 95.6 Å². The zero-order chi connectivity index (χ0) is 27.8. The second-order valence-electron chi connectivity index (χ2n) is 10.2. The normalized spacial score (nSPS) is 15.5. The number of hydrogen-bond acceptors (Lipinski definition) is 1. The molecule has 0 aliphatic heterocycles. The van der Waals surface area contributed by atoms with Crippen molar-refractivity contribution in [3.8, 4) is 28.0 Å². The Hall–Kier alpha value is -3.34. The minimum Gasteiger partial charge on any atom is -0.490 e. The van der Waals surface area contributed by atoms with Crippen LogP contribution in [0.5, 0.6) is 5.75 Å². The highest BCUT2D eigenvalue weighted by molar-refractivity contribution is 5.74. The summed E-state index contributed by atoms with van der Waals surface area (Å²) in [5.41, 5.74) is 2.22. The van der Waals surface area contributed by atoms with Crippen LogP contribution >= 0.6 is 0 Å². The van der Waals surface area contributed by atoms with E-state index in [1.807, 2.05) is 19.1 Å². The molecule has 5 heteroatoms. The quantitative estimate of drug-likeness (QED) is 0.135. The molecule has 3 aromatic carbocycles. The van der Waals surface area contributed by atoms with E-state index in [0.29, 0.717) is 35.6 Å². The molecule has 0 heterocycles. The molecule has 206 valence electrons. The number of benzene rings is 3. The van der Waals surface area contributed by atoms with Crippen LogP contribution in [0.3, 0.4) is 0 Å². The van der Waals surface area contributed by atoms with Crippen LogP contribution in [0.25, 0.3) is 27.8 Å². The van der Waals surface area contributed by atoms with Crippen LogP contribution < -0.4 is 4.74 Å². The predicted molar refractivity (Wildman–Crippen MR) is 152 cm³/mol. The highest BCUT2D eigenvalue weighted by Crippen LogP contribution is 2.36. The van der Waals surface area contributed by atoms with E-state index in [1.54, 1.807) is 36.4 Å². The van der Waals surface area contributed by atoms with Gasteiger partial charge in [0.2, 0.25) is 5.82 Å². The summed E-state index contributed by atoms with van der Waals surface area (Å²) in [6, 6.07) is 12.5. The van der Waals surface area contributed by atoms with Gasteiger partial charge in [0.15, 0.2) is 23.2 Å². The summed E-state index contributed by atoms with van der Waals surface area (Å²) < 4.78 is 65.2. The van der Waals surface area contributed by atoms with Crippen molar-refractivity contribution in [2.75, 3.05) is 6.61 Å². The van der Waals surface area contributed by atoms with E-state index >= 15 is 8.78 Å². The highest BCUT2D eigenvalue weighted by atomic mass is 19.2. The summed E-state index contributed by atoms with van der Waals surface area (Å²) in [5, 5.41) is 0. The van der Waals surface area contributed by atoms with Gasteiger partial charge in [0, 0.05) is 16.7 Å². The molecule has 0 fully saturated rings. The SMILES string of the molecule is CC=CC1CC=C(c2ccc(-c3ccc(-c4ccc(OCCCCCCC)c(F)c4F)cc3)c(F)c2F)CC1. The molecule has 0 saturated heterocycles. The topological polar surface area (TPSA) is 9.23 Å². The lowest BCUT2D eigenvalue weighted by molar-refractivity contribution is 0.285. The number of allylic oxidation sites excluding steroid dienone is 4. The Morgan fingerprint density at radius 3 is 1.95 bits per heavy atom. The van der Waals surface area contributed by atoms with E-state index in [4.69, 9.17) is 4.74 Å². The second-order valence-corrected chi connectivity index (χ2v) is 10.2. The molecule has 0 amide bonds. The number of unbranched alkanes of at least 4 members (excludes halogenated alkanes) is 4. The maximum Gasteiger partial charge on any atom is 0.201 e. The largest absolute Gasteiger partial charge is 0.490 e. The monoisotopic (exact) mass is 536 g/mol. The molecule has 39 heavy (non-hydrogen) atoms. The van der Waals surface area contributed by atoms with Gasteiger partial charge in [-0.15, -0.1) is 0 Å². The van der Waals surface area contributed by atoms with E-state index in [9.17, 15) is 8.78 Å². The van der Waals surface area contributed by atoms with Gasteiger partial charge >= 0.3 is 0 Å². The molecule has 1 unspecified atom stereocenters. The molecule has 0 bridgehead atoms. The van der Waals surface area contributed by atoms with Crippen molar-refractivity contribution < 1.29 is 22.3 Å². The van der Waals surface area contributed by atoms with Crippen molar-refractivity contribution >= 4 is 5.57 Å². The molecular weight excluding hydrogens is 500 g/mol. The third kappa shape index (κ3) is 6.81. The van der Waals surface area contributed by atoms with Gasteiger partial charge in [0.1, 0.15) is 0 Å². The first-order chi connectivity index (χ1) is 18.9. The van der Waals surface area contributed by atoms with Crippen LogP contribution in [0.15, 0.2) is 66.8 Å². The van der Waals surface area contributed by atoms with E-state index in [1.165, 1.54) is 12.1 Å². The van der Waals surface area contributed by atoms with Crippen molar-refractivity contribution in [1.29, 1.82) is 0 Å². The van der Waals surface area contributed by atoms with E-state index < -0.39 is 23.3 Å². The van der Waals surface area contributed by atoms with Gasteiger partial charge in [-0.05, 0) is 67.4 Å². The fourth-order valence-corrected chi connectivity index (χ4v) is 5.15. The third-order valence-electron chi connectivity index (χ3n) is 7.40. The van der Waals surface area contributed by atoms with Gasteiger partial charge in [-0.3, -0.25) is 0 Å². The Morgan fingerprint density at radius 2 is 1.33 bits per heavy atom. The van der Waals surface area contributed by atoms with Crippen LogP contribution in [-0.4, -0.2) is 6.61 Å². The fourth-order valence-electron chi connectivity index (χ4n) is 5.15. The molecule has 4 rings (SSSR count). The molecule has 0 N–H and O–H groups in total. The summed E-state index contributed by atoms with van der Waals surface area (Å²) in [7, 11) is 0. The summed E-state index contributed by atoms with van der Waals surface area (Å²) >= 11 is 0. The summed E-state index contributed by atoms with van der Waals surface area (Å²) in [5.74, 6) is -3.46. The first-order valence-corrected chi connectivity index (χ1v) is 14.0. The maximum atomic E-state index is 15.1. The van der Waals surface area contributed by atoms with Gasteiger partial charge in [-0.2, -0.15) is 4.39 Å². The van der Waals surface area contributed by atoms with Gasteiger partial charge in [-0.25, -0.2) is 13.2 Å². The van der Waals surface area contributed by atoms with Crippen molar-refractivity contribution in [3.63, 3.8) is 0 Å². The molecule has 3 aromatic rings. The van der Waals surface area contributed by atoms with Crippen LogP contribution in [0, 0.1) is 29.2 Å².